The molecular formula is C11H18N2O2S. The summed E-state index contributed by atoms with van der Waals surface area (Å²) in [5, 5.41) is 14.7. The molecule has 0 amide bonds. The first-order valence-corrected chi connectivity index (χ1v) is 6.09. The van der Waals surface area contributed by atoms with Gasteiger partial charge in [-0.1, -0.05) is 20.8 Å². The van der Waals surface area contributed by atoms with E-state index in [1.165, 1.54) is 0 Å². The van der Waals surface area contributed by atoms with E-state index in [9.17, 15) is 4.79 Å². The van der Waals surface area contributed by atoms with Crippen LogP contribution in [0.1, 0.15) is 38.4 Å². The number of hydrogen-bond donors (Lipinski definition) is 2. The molecule has 0 saturated heterocycles. The third-order valence-electron chi connectivity index (χ3n) is 2.15. The molecule has 0 spiro atoms. The van der Waals surface area contributed by atoms with Gasteiger partial charge in [0.2, 0.25) is 0 Å². The SMILES string of the molecule is C[C@H](NCc1csc(C(C)(C)C)n1)C(=O)O. The lowest BCUT2D eigenvalue weighted by Crippen LogP contribution is -2.33. The van der Waals surface area contributed by atoms with Gasteiger partial charge in [-0.3, -0.25) is 10.1 Å². The van der Waals surface area contributed by atoms with Gasteiger partial charge in [0.05, 0.1) is 10.7 Å². The molecule has 0 aliphatic rings. The molecule has 1 atom stereocenters. The van der Waals surface area contributed by atoms with Crippen LogP contribution >= 0.6 is 11.3 Å². The molecule has 5 heteroatoms. The molecule has 1 rings (SSSR count). The van der Waals surface area contributed by atoms with Crippen molar-refractivity contribution < 1.29 is 9.90 Å². The van der Waals surface area contributed by atoms with Crippen molar-refractivity contribution >= 4 is 17.3 Å². The van der Waals surface area contributed by atoms with E-state index in [0.717, 1.165) is 10.7 Å². The Morgan fingerprint density at radius 1 is 1.62 bits per heavy atom. The third kappa shape index (κ3) is 3.57. The van der Waals surface area contributed by atoms with Crippen LogP contribution in [0.25, 0.3) is 0 Å². The zero-order valence-electron chi connectivity index (χ0n) is 10.1. The van der Waals surface area contributed by atoms with E-state index in [0.29, 0.717) is 6.54 Å². The smallest absolute Gasteiger partial charge is 0.320 e. The van der Waals surface area contributed by atoms with E-state index in [2.05, 4.69) is 31.1 Å². The number of carboxylic acids is 1. The maximum Gasteiger partial charge on any atom is 0.320 e. The molecule has 1 heterocycles. The van der Waals surface area contributed by atoms with Crippen LogP contribution in [-0.2, 0) is 16.8 Å². The Labute approximate surface area is 99.7 Å². The summed E-state index contributed by atoms with van der Waals surface area (Å²) >= 11 is 1.62. The molecular weight excluding hydrogens is 224 g/mol. The van der Waals surface area contributed by atoms with E-state index in [1.54, 1.807) is 18.3 Å². The van der Waals surface area contributed by atoms with Gasteiger partial charge in [0.15, 0.2) is 0 Å². The molecule has 0 bridgehead atoms. The minimum Gasteiger partial charge on any atom is -0.480 e. The fourth-order valence-corrected chi connectivity index (χ4v) is 1.98. The maximum absolute atomic E-state index is 10.6. The summed E-state index contributed by atoms with van der Waals surface area (Å²) in [6, 6.07) is -0.542. The van der Waals surface area contributed by atoms with Gasteiger partial charge in [-0.05, 0) is 6.92 Å². The molecule has 1 aromatic heterocycles. The highest BCUT2D eigenvalue weighted by molar-refractivity contribution is 7.09. The number of rotatable bonds is 4. The average molecular weight is 242 g/mol. The highest BCUT2D eigenvalue weighted by Crippen LogP contribution is 2.25. The largest absolute Gasteiger partial charge is 0.480 e. The van der Waals surface area contributed by atoms with Crippen LogP contribution < -0.4 is 5.32 Å². The van der Waals surface area contributed by atoms with E-state index in [4.69, 9.17) is 5.11 Å². The van der Waals surface area contributed by atoms with Crippen molar-refractivity contribution in [3.8, 4) is 0 Å². The lowest BCUT2D eigenvalue weighted by molar-refractivity contribution is -0.139. The van der Waals surface area contributed by atoms with Crippen molar-refractivity contribution in [3.05, 3.63) is 16.1 Å². The highest BCUT2D eigenvalue weighted by Gasteiger charge is 2.18. The first kappa shape index (κ1) is 13.1. The first-order chi connectivity index (χ1) is 7.30. The monoisotopic (exact) mass is 242 g/mol. The highest BCUT2D eigenvalue weighted by atomic mass is 32.1. The summed E-state index contributed by atoms with van der Waals surface area (Å²) in [5.74, 6) is -0.841. The van der Waals surface area contributed by atoms with Crippen LogP contribution in [-0.4, -0.2) is 22.1 Å². The van der Waals surface area contributed by atoms with Gasteiger partial charge in [-0.25, -0.2) is 4.98 Å². The van der Waals surface area contributed by atoms with Gasteiger partial charge in [0.1, 0.15) is 6.04 Å². The van der Waals surface area contributed by atoms with Crippen molar-refractivity contribution in [1.29, 1.82) is 0 Å². The molecule has 0 aliphatic carbocycles. The Morgan fingerprint density at radius 3 is 2.69 bits per heavy atom. The van der Waals surface area contributed by atoms with Gasteiger partial charge >= 0.3 is 5.97 Å². The van der Waals surface area contributed by atoms with Crippen molar-refractivity contribution in [3.63, 3.8) is 0 Å². The van der Waals surface area contributed by atoms with E-state index < -0.39 is 12.0 Å². The second-order valence-corrected chi connectivity index (χ2v) is 5.69. The minimum absolute atomic E-state index is 0.0569. The van der Waals surface area contributed by atoms with Gasteiger partial charge in [0, 0.05) is 17.3 Å². The van der Waals surface area contributed by atoms with Crippen molar-refractivity contribution in [2.24, 2.45) is 0 Å². The normalized spacial score (nSPS) is 13.8. The van der Waals surface area contributed by atoms with Crippen LogP contribution in [0.3, 0.4) is 0 Å². The topological polar surface area (TPSA) is 62.2 Å². The molecule has 90 valence electrons. The van der Waals surface area contributed by atoms with Crippen molar-refractivity contribution in [1.82, 2.24) is 10.3 Å². The number of nitrogens with zero attached hydrogens (tertiary/aromatic N) is 1. The second kappa shape index (κ2) is 4.93. The van der Waals surface area contributed by atoms with Crippen LogP contribution in [0.5, 0.6) is 0 Å². The Hall–Kier alpha value is -0.940. The fraction of sp³-hybridized carbons (Fsp3) is 0.636. The summed E-state index contributed by atoms with van der Waals surface area (Å²) in [4.78, 5) is 15.1. The zero-order valence-corrected chi connectivity index (χ0v) is 10.9. The number of aliphatic carboxylic acids is 1. The number of hydrogen-bond acceptors (Lipinski definition) is 4. The lowest BCUT2D eigenvalue weighted by atomic mass is 9.98. The molecule has 4 nitrogen and oxygen atoms in total. The van der Waals surface area contributed by atoms with Crippen molar-refractivity contribution in [2.75, 3.05) is 0 Å². The number of thiazole rings is 1. The lowest BCUT2D eigenvalue weighted by Gasteiger charge is -2.13. The molecule has 2 N–H and O–H groups in total. The summed E-state index contributed by atoms with van der Waals surface area (Å²) in [6.07, 6.45) is 0. The quantitative estimate of drug-likeness (QED) is 0.847. The molecule has 0 radical (unpaired) electrons. The first-order valence-electron chi connectivity index (χ1n) is 5.22. The Morgan fingerprint density at radius 2 is 2.25 bits per heavy atom. The molecule has 0 aliphatic heterocycles. The van der Waals surface area contributed by atoms with Gasteiger partial charge in [0.25, 0.3) is 0 Å². The predicted molar refractivity (Wildman–Crippen MR) is 64.8 cm³/mol. The molecule has 0 saturated carbocycles. The van der Waals surface area contributed by atoms with Crippen LogP contribution in [0.4, 0.5) is 0 Å². The molecule has 1 aromatic rings. The van der Waals surface area contributed by atoms with E-state index in [1.807, 2.05) is 5.38 Å². The van der Waals surface area contributed by atoms with Gasteiger partial charge < -0.3 is 5.11 Å². The Bertz CT molecular complexity index is 368. The van der Waals surface area contributed by atoms with E-state index in [-0.39, 0.29) is 5.41 Å². The summed E-state index contributed by atoms with van der Waals surface area (Å²) < 4.78 is 0. The molecule has 0 aromatic carbocycles. The predicted octanol–water partition coefficient (Wildman–Crippen LogP) is 2.00. The van der Waals surface area contributed by atoms with E-state index >= 15 is 0 Å². The van der Waals surface area contributed by atoms with Crippen molar-refractivity contribution in [2.45, 2.75) is 45.7 Å². The Balaban J connectivity index is 2.57. The minimum atomic E-state index is -0.841. The Kier molecular flexibility index (Phi) is 4.04. The fourth-order valence-electron chi connectivity index (χ4n) is 1.08. The van der Waals surface area contributed by atoms with Crippen LogP contribution in [0.2, 0.25) is 0 Å². The molecule has 16 heavy (non-hydrogen) atoms. The summed E-state index contributed by atoms with van der Waals surface area (Å²) in [5.41, 5.74) is 0.962. The second-order valence-electron chi connectivity index (χ2n) is 4.83. The number of carboxylic acid groups (broad SMARTS) is 1. The third-order valence-corrected chi connectivity index (χ3v) is 3.47. The molecule has 0 unspecified atom stereocenters. The van der Waals surface area contributed by atoms with Gasteiger partial charge in [-0.15, -0.1) is 11.3 Å². The van der Waals surface area contributed by atoms with Crippen LogP contribution in [0, 0.1) is 0 Å². The number of aromatic nitrogens is 1. The zero-order chi connectivity index (χ0) is 12.3. The maximum atomic E-state index is 10.6. The average Bonchev–Trinajstić information content (AvgIpc) is 2.61. The van der Waals surface area contributed by atoms with Gasteiger partial charge in [-0.2, -0.15) is 0 Å². The summed E-state index contributed by atoms with van der Waals surface area (Å²) in [6.45, 7) is 8.47. The number of carbonyl (C=O) groups is 1. The molecule has 0 fully saturated rings. The summed E-state index contributed by atoms with van der Waals surface area (Å²) in [7, 11) is 0. The van der Waals surface area contributed by atoms with Crippen LogP contribution in [0.15, 0.2) is 5.38 Å². The standard InChI is InChI=1S/C11H18N2O2S/c1-7(9(14)15)12-5-8-6-16-10(13-8)11(2,3)4/h6-7,12H,5H2,1-4H3,(H,14,15)/t7-/m0/s1. The number of nitrogens with one attached hydrogen (secondary N) is 1.